The first-order valence-corrected chi connectivity index (χ1v) is 5.96. The highest BCUT2D eigenvalue weighted by molar-refractivity contribution is 5.32. The molecule has 1 atom stereocenters. The minimum atomic E-state index is -1.04. The molecule has 20 heavy (non-hydrogen) atoms. The van der Waals surface area contributed by atoms with E-state index < -0.39 is 23.6 Å². The third-order valence-corrected chi connectivity index (χ3v) is 2.99. The lowest BCUT2D eigenvalue weighted by atomic mass is 10.0. The van der Waals surface area contributed by atoms with Crippen molar-refractivity contribution in [2.45, 2.75) is 12.5 Å². The second kappa shape index (κ2) is 5.96. The van der Waals surface area contributed by atoms with Gasteiger partial charge in [0.25, 0.3) is 0 Å². The highest BCUT2D eigenvalue weighted by Crippen LogP contribution is 2.25. The highest BCUT2D eigenvalue weighted by Gasteiger charge is 2.14. The van der Waals surface area contributed by atoms with Crippen LogP contribution in [-0.4, -0.2) is 12.2 Å². The van der Waals surface area contributed by atoms with Crippen LogP contribution >= 0.6 is 0 Å². The molecule has 2 nitrogen and oxygen atoms in total. The minimum absolute atomic E-state index is 0.00104. The summed E-state index contributed by atoms with van der Waals surface area (Å²) in [5.41, 5.74) is 0.578. The van der Waals surface area contributed by atoms with Gasteiger partial charge in [-0.25, -0.2) is 13.2 Å². The third-order valence-electron chi connectivity index (χ3n) is 2.99. The molecule has 0 fully saturated rings. The van der Waals surface area contributed by atoms with Crippen LogP contribution in [0, 0.1) is 17.5 Å². The molecule has 0 amide bonds. The van der Waals surface area contributed by atoms with Gasteiger partial charge >= 0.3 is 0 Å². The summed E-state index contributed by atoms with van der Waals surface area (Å²) in [6.07, 6.45) is -1.08. The summed E-state index contributed by atoms with van der Waals surface area (Å²) in [4.78, 5) is 0. The molecule has 0 saturated carbocycles. The molecule has 1 unspecified atom stereocenters. The molecule has 1 N–H and O–H groups in total. The standard InChI is InChI=1S/C15H13F3O2/c1-20-15-7-10(3-5-12(15)17)14(19)6-9-2-4-11(16)8-13(9)18/h2-5,7-8,14,19H,6H2,1H3. The zero-order chi connectivity index (χ0) is 14.7. The fourth-order valence-corrected chi connectivity index (χ4v) is 1.90. The van der Waals surface area contributed by atoms with E-state index in [1.54, 1.807) is 0 Å². The number of halogens is 3. The molecule has 106 valence electrons. The van der Waals surface area contributed by atoms with Crippen molar-refractivity contribution in [1.82, 2.24) is 0 Å². The van der Waals surface area contributed by atoms with Crippen LogP contribution in [0.25, 0.3) is 0 Å². The van der Waals surface area contributed by atoms with Gasteiger partial charge in [0, 0.05) is 12.5 Å². The van der Waals surface area contributed by atoms with Gasteiger partial charge in [0.2, 0.25) is 0 Å². The second-order valence-electron chi connectivity index (χ2n) is 4.35. The molecule has 5 heteroatoms. The number of hydrogen-bond donors (Lipinski definition) is 1. The van der Waals surface area contributed by atoms with Crippen molar-refractivity contribution in [2.75, 3.05) is 7.11 Å². The molecule has 2 rings (SSSR count). The molecular formula is C15H13F3O2. The predicted molar refractivity (Wildman–Crippen MR) is 68.0 cm³/mol. The molecule has 0 spiro atoms. The second-order valence-corrected chi connectivity index (χ2v) is 4.35. The van der Waals surface area contributed by atoms with Crippen LogP contribution in [0.3, 0.4) is 0 Å². The zero-order valence-electron chi connectivity index (χ0n) is 10.7. The maximum Gasteiger partial charge on any atom is 0.165 e. The first-order valence-electron chi connectivity index (χ1n) is 5.96. The van der Waals surface area contributed by atoms with Gasteiger partial charge in [0.05, 0.1) is 13.2 Å². The Morgan fingerprint density at radius 2 is 1.80 bits per heavy atom. The fraction of sp³-hybridized carbons (Fsp3) is 0.200. The Bertz CT molecular complexity index is 614. The summed E-state index contributed by atoms with van der Waals surface area (Å²) in [6.45, 7) is 0. The van der Waals surface area contributed by atoms with Crippen molar-refractivity contribution in [1.29, 1.82) is 0 Å². The lowest BCUT2D eigenvalue weighted by Gasteiger charge is -2.13. The number of ether oxygens (including phenoxy) is 1. The predicted octanol–water partition coefficient (Wildman–Crippen LogP) is 3.39. The fourth-order valence-electron chi connectivity index (χ4n) is 1.90. The van der Waals surface area contributed by atoms with E-state index in [-0.39, 0.29) is 17.7 Å². The van der Waals surface area contributed by atoms with Crippen LogP contribution in [-0.2, 0) is 6.42 Å². The van der Waals surface area contributed by atoms with E-state index in [0.717, 1.165) is 12.1 Å². The lowest BCUT2D eigenvalue weighted by Crippen LogP contribution is -2.04. The number of rotatable bonds is 4. The number of hydrogen-bond acceptors (Lipinski definition) is 2. The SMILES string of the molecule is COc1cc(C(O)Cc2ccc(F)cc2F)ccc1F. The Morgan fingerprint density at radius 3 is 2.45 bits per heavy atom. The van der Waals surface area contributed by atoms with Crippen molar-refractivity contribution in [2.24, 2.45) is 0 Å². The average molecular weight is 282 g/mol. The lowest BCUT2D eigenvalue weighted by molar-refractivity contribution is 0.176. The Labute approximate surface area is 114 Å². The highest BCUT2D eigenvalue weighted by atomic mass is 19.1. The number of aliphatic hydroxyl groups is 1. The summed E-state index contributed by atoms with van der Waals surface area (Å²) in [5, 5.41) is 10.0. The van der Waals surface area contributed by atoms with E-state index >= 15 is 0 Å². The van der Waals surface area contributed by atoms with Gasteiger partial charge in [0.1, 0.15) is 11.6 Å². The average Bonchev–Trinajstić information content (AvgIpc) is 2.42. The first kappa shape index (κ1) is 14.4. The van der Waals surface area contributed by atoms with Gasteiger partial charge < -0.3 is 9.84 Å². The van der Waals surface area contributed by atoms with Crippen molar-refractivity contribution < 1.29 is 23.0 Å². The van der Waals surface area contributed by atoms with Crippen molar-refractivity contribution in [3.8, 4) is 5.75 Å². The van der Waals surface area contributed by atoms with Crippen LogP contribution in [0.15, 0.2) is 36.4 Å². The Morgan fingerprint density at radius 1 is 1.05 bits per heavy atom. The minimum Gasteiger partial charge on any atom is -0.494 e. The Balaban J connectivity index is 2.21. The van der Waals surface area contributed by atoms with Crippen molar-refractivity contribution in [3.63, 3.8) is 0 Å². The molecular weight excluding hydrogens is 269 g/mol. The summed E-state index contributed by atoms with van der Waals surface area (Å²) in [5.74, 6) is -1.94. The number of benzene rings is 2. The summed E-state index contributed by atoms with van der Waals surface area (Å²) in [7, 11) is 1.31. The van der Waals surface area contributed by atoms with Crippen molar-refractivity contribution >= 4 is 0 Å². The molecule has 0 aromatic heterocycles. The van der Waals surface area contributed by atoms with Crippen LogP contribution in [0.4, 0.5) is 13.2 Å². The summed E-state index contributed by atoms with van der Waals surface area (Å²) in [6, 6.07) is 7.06. The van der Waals surface area contributed by atoms with Gasteiger partial charge in [-0.2, -0.15) is 0 Å². The molecule has 2 aromatic carbocycles. The molecule has 0 aliphatic heterocycles. The van der Waals surface area contributed by atoms with Gasteiger partial charge in [0.15, 0.2) is 11.6 Å². The van der Waals surface area contributed by atoms with E-state index in [2.05, 4.69) is 0 Å². The normalized spacial score (nSPS) is 12.2. The molecule has 2 aromatic rings. The van der Waals surface area contributed by atoms with Crippen LogP contribution in [0.2, 0.25) is 0 Å². The van der Waals surface area contributed by atoms with E-state index in [9.17, 15) is 18.3 Å². The molecule has 0 radical (unpaired) electrons. The quantitative estimate of drug-likeness (QED) is 0.931. The van der Waals surface area contributed by atoms with E-state index in [0.29, 0.717) is 5.56 Å². The maximum atomic E-state index is 13.5. The summed E-state index contributed by atoms with van der Waals surface area (Å²) >= 11 is 0. The Kier molecular flexibility index (Phi) is 4.29. The topological polar surface area (TPSA) is 29.5 Å². The number of aliphatic hydroxyl groups excluding tert-OH is 1. The molecule has 0 aliphatic carbocycles. The van der Waals surface area contributed by atoms with E-state index in [1.807, 2.05) is 0 Å². The monoisotopic (exact) mass is 282 g/mol. The molecule has 0 heterocycles. The molecule has 0 saturated heterocycles. The van der Waals surface area contributed by atoms with Gasteiger partial charge in [-0.3, -0.25) is 0 Å². The van der Waals surface area contributed by atoms with Gasteiger partial charge in [-0.05, 0) is 29.3 Å². The first-order chi connectivity index (χ1) is 9.51. The molecule has 0 bridgehead atoms. The Hall–Kier alpha value is -2.01. The largest absolute Gasteiger partial charge is 0.494 e. The van der Waals surface area contributed by atoms with E-state index in [4.69, 9.17) is 4.74 Å². The van der Waals surface area contributed by atoms with Crippen molar-refractivity contribution in [3.05, 3.63) is 65.0 Å². The third kappa shape index (κ3) is 3.11. The van der Waals surface area contributed by atoms with Gasteiger partial charge in [-0.15, -0.1) is 0 Å². The maximum absolute atomic E-state index is 13.5. The smallest absolute Gasteiger partial charge is 0.165 e. The number of methoxy groups -OCH3 is 1. The van der Waals surface area contributed by atoms with Crippen LogP contribution < -0.4 is 4.74 Å². The van der Waals surface area contributed by atoms with E-state index in [1.165, 1.54) is 31.4 Å². The molecule has 0 aliphatic rings. The van der Waals surface area contributed by atoms with Crippen LogP contribution in [0.1, 0.15) is 17.2 Å². The zero-order valence-corrected chi connectivity index (χ0v) is 10.7. The van der Waals surface area contributed by atoms with Crippen LogP contribution in [0.5, 0.6) is 5.75 Å². The van der Waals surface area contributed by atoms with Gasteiger partial charge in [-0.1, -0.05) is 12.1 Å². The summed E-state index contributed by atoms with van der Waals surface area (Å²) < 4.78 is 44.4.